The van der Waals surface area contributed by atoms with E-state index in [9.17, 15) is 0 Å². The minimum Gasteiger partial charge on any atom is -0.369 e. The molecule has 4 rings (SSSR count). The van der Waals surface area contributed by atoms with Gasteiger partial charge in [-0.15, -0.1) is 11.3 Å². The smallest absolute Gasteiger partial charge is 0.188 e. The topological polar surface area (TPSA) is 44.3 Å². The number of hydrogen-bond donors (Lipinski definition) is 1. The van der Waals surface area contributed by atoms with Crippen molar-refractivity contribution in [1.29, 1.82) is 0 Å². The standard InChI is InChI=1S/C20H23N5S/c1-15-4-3-5-19(21-15)23-20-22-18(14-26-20)16-6-8-17(9-7-16)25-12-10-24(2)11-13-25/h3-9,14H,10-13H2,1-2H3,(H,21,22,23). The van der Waals surface area contributed by atoms with Gasteiger partial charge in [0.15, 0.2) is 5.13 Å². The summed E-state index contributed by atoms with van der Waals surface area (Å²) in [7, 11) is 2.18. The molecule has 0 radical (unpaired) electrons. The van der Waals surface area contributed by atoms with Gasteiger partial charge in [0.1, 0.15) is 5.82 Å². The van der Waals surface area contributed by atoms with Gasteiger partial charge in [0.25, 0.3) is 0 Å². The van der Waals surface area contributed by atoms with Crippen LogP contribution in [0.15, 0.2) is 47.8 Å². The molecule has 0 spiro atoms. The van der Waals surface area contributed by atoms with Gasteiger partial charge in [-0.2, -0.15) is 0 Å². The number of aryl methyl sites for hydroxylation is 1. The average Bonchev–Trinajstić information content (AvgIpc) is 3.11. The number of aromatic nitrogens is 2. The highest BCUT2D eigenvalue weighted by molar-refractivity contribution is 7.14. The first kappa shape index (κ1) is 17.0. The summed E-state index contributed by atoms with van der Waals surface area (Å²) in [4.78, 5) is 14.0. The largest absolute Gasteiger partial charge is 0.369 e. The molecule has 1 N–H and O–H groups in total. The number of piperazine rings is 1. The second-order valence-electron chi connectivity index (χ2n) is 6.66. The Morgan fingerprint density at radius 1 is 0.962 bits per heavy atom. The molecule has 0 bridgehead atoms. The van der Waals surface area contributed by atoms with Crippen molar-refractivity contribution in [2.24, 2.45) is 0 Å². The molecule has 1 aliphatic rings. The number of pyridine rings is 1. The van der Waals surface area contributed by atoms with Gasteiger partial charge in [-0.05, 0) is 38.2 Å². The number of benzene rings is 1. The lowest BCUT2D eigenvalue weighted by atomic mass is 10.1. The maximum absolute atomic E-state index is 4.70. The predicted molar refractivity (Wildman–Crippen MR) is 110 cm³/mol. The van der Waals surface area contributed by atoms with E-state index in [0.29, 0.717) is 0 Å². The summed E-state index contributed by atoms with van der Waals surface area (Å²) in [6, 6.07) is 14.7. The quantitative estimate of drug-likeness (QED) is 0.757. The summed E-state index contributed by atoms with van der Waals surface area (Å²) in [5.41, 5.74) is 4.42. The third kappa shape index (κ3) is 3.86. The van der Waals surface area contributed by atoms with Crippen molar-refractivity contribution in [2.75, 3.05) is 43.4 Å². The summed E-state index contributed by atoms with van der Waals surface area (Å²) < 4.78 is 0. The van der Waals surface area contributed by atoms with Crippen molar-refractivity contribution in [2.45, 2.75) is 6.92 Å². The number of rotatable bonds is 4. The van der Waals surface area contributed by atoms with E-state index in [1.165, 1.54) is 5.69 Å². The number of likely N-dealkylation sites (N-methyl/N-ethyl adjacent to an activating group) is 1. The molecule has 0 amide bonds. The fourth-order valence-corrected chi connectivity index (χ4v) is 3.82. The van der Waals surface area contributed by atoms with Crippen LogP contribution in [0.1, 0.15) is 5.69 Å². The lowest BCUT2D eigenvalue weighted by Crippen LogP contribution is -2.44. The molecule has 0 atom stereocenters. The van der Waals surface area contributed by atoms with Crippen LogP contribution in [0.5, 0.6) is 0 Å². The second-order valence-corrected chi connectivity index (χ2v) is 7.52. The molecule has 0 saturated carbocycles. The van der Waals surface area contributed by atoms with Crippen molar-refractivity contribution in [3.63, 3.8) is 0 Å². The Morgan fingerprint density at radius 2 is 1.73 bits per heavy atom. The summed E-state index contributed by atoms with van der Waals surface area (Å²) in [5, 5.41) is 6.23. The van der Waals surface area contributed by atoms with E-state index in [2.05, 4.69) is 56.8 Å². The zero-order valence-electron chi connectivity index (χ0n) is 15.1. The van der Waals surface area contributed by atoms with E-state index in [4.69, 9.17) is 4.98 Å². The molecule has 26 heavy (non-hydrogen) atoms. The van der Waals surface area contributed by atoms with Crippen LogP contribution in [0.2, 0.25) is 0 Å². The van der Waals surface area contributed by atoms with Crippen LogP contribution in [-0.4, -0.2) is 48.1 Å². The molecule has 3 aromatic rings. The fourth-order valence-electron chi connectivity index (χ4n) is 3.09. The summed E-state index contributed by atoms with van der Waals surface area (Å²) in [6.07, 6.45) is 0. The first-order valence-corrected chi connectivity index (χ1v) is 9.75. The lowest BCUT2D eigenvalue weighted by Gasteiger charge is -2.34. The van der Waals surface area contributed by atoms with Crippen molar-refractivity contribution < 1.29 is 0 Å². The number of nitrogens with zero attached hydrogens (tertiary/aromatic N) is 4. The minimum absolute atomic E-state index is 0.830. The van der Waals surface area contributed by atoms with E-state index >= 15 is 0 Å². The summed E-state index contributed by atoms with van der Waals surface area (Å²) in [5.74, 6) is 0.830. The number of nitrogens with one attached hydrogen (secondary N) is 1. The van der Waals surface area contributed by atoms with Crippen LogP contribution in [0.4, 0.5) is 16.6 Å². The Kier molecular flexibility index (Phi) is 4.86. The SMILES string of the molecule is Cc1cccc(Nc2nc(-c3ccc(N4CCN(C)CC4)cc3)cs2)n1. The Balaban J connectivity index is 1.45. The molecular weight excluding hydrogens is 342 g/mol. The Bertz CT molecular complexity index is 866. The van der Waals surface area contributed by atoms with Gasteiger partial charge in [-0.1, -0.05) is 18.2 Å². The van der Waals surface area contributed by atoms with Crippen LogP contribution in [0.3, 0.4) is 0 Å². The maximum Gasteiger partial charge on any atom is 0.188 e. The maximum atomic E-state index is 4.70. The molecule has 2 aromatic heterocycles. The normalized spacial score (nSPS) is 15.2. The third-order valence-corrected chi connectivity index (χ3v) is 5.42. The van der Waals surface area contributed by atoms with Crippen LogP contribution < -0.4 is 10.2 Å². The van der Waals surface area contributed by atoms with Crippen LogP contribution in [0, 0.1) is 6.92 Å². The molecule has 134 valence electrons. The van der Waals surface area contributed by atoms with Crippen molar-refractivity contribution in [3.8, 4) is 11.3 Å². The van der Waals surface area contributed by atoms with Gasteiger partial charge in [-0.25, -0.2) is 9.97 Å². The van der Waals surface area contributed by atoms with E-state index < -0.39 is 0 Å². The molecule has 0 aliphatic carbocycles. The van der Waals surface area contributed by atoms with E-state index in [-0.39, 0.29) is 0 Å². The minimum atomic E-state index is 0.830. The molecule has 1 fully saturated rings. The highest BCUT2D eigenvalue weighted by atomic mass is 32.1. The number of anilines is 3. The average molecular weight is 366 g/mol. The zero-order chi connectivity index (χ0) is 17.9. The van der Waals surface area contributed by atoms with Crippen molar-refractivity contribution in [3.05, 3.63) is 53.5 Å². The first-order valence-electron chi connectivity index (χ1n) is 8.87. The van der Waals surface area contributed by atoms with Gasteiger partial charge in [0.05, 0.1) is 5.69 Å². The van der Waals surface area contributed by atoms with E-state index in [1.807, 2.05) is 25.1 Å². The molecule has 0 unspecified atom stereocenters. The lowest BCUT2D eigenvalue weighted by molar-refractivity contribution is 0.313. The number of hydrogen-bond acceptors (Lipinski definition) is 6. The van der Waals surface area contributed by atoms with Gasteiger partial charge < -0.3 is 15.1 Å². The molecule has 6 heteroatoms. The first-order chi connectivity index (χ1) is 12.7. The van der Waals surface area contributed by atoms with Crippen LogP contribution in [-0.2, 0) is 0 Å². The summed E-state index contributed by atoms with van der Waals surface area (Å²) >= 11 is 1.60. The highest BCUT2D eigenvalue weighted by Gasteiger charge is 2.14. The Hall–Kier alpha value is -2.44. The van der Waals surface area contributed by atoms with Gasteiger partial charge in [0, 0.05) is 48.5 Å². The molecule has 5 nitrogen and oxygen atoms in total. The van der Waals surface area contributed by atoms with Crippen LogP contribution in [0.25, 0.3) is 11.3 Å². The number of thiazole rings is 1. The molecule has 1 saturated heterocycles. The van der Waals surface area contributed by atoms with Crippen molar-refractivity contribution >= 4 is 28.0 Å². The van der Waals surface area contributed by atoms with Gasteiger partial charge >= 0.3 is 0 Å². The van der Waals surface area contributed by atoms with Gasteiger partial charge in [0.2, 0.25) is 0 Å². The third-order valence-electron chi connectivity index (χ3n) is 4.66. The molecule has 1 aliphatic heterocycles. The Labute approximate surface area is 158 Å². The van der Waals surface area contributed by atoms with Gasteiger partial charge in [-0.3, -0.25) is 0 Å². The predicted octanol–water partition coefficient (Wildman–Crippen LogP) is 4.01. The van der Waals surface area contributed by atoms with Crippen LogP contribution >= 0.6 is 11.3 Å². The molecule has 1 aromatic carbocycles. The molecule has 3 heterocycles. The monoisotopic (exact) mass is 365 g/mol. The van der Waals surface area contributed by atoms with Crippen molar-refractivity contribution in [1.82, 2.24) is 14.9 Å². The van der Waals surface area contributed by atoms with E-state index in [0.717, 1.165) is 54.1 Å². The molecular formula is C20H23N5S. The Morgan fingerprint density at radius 3 is 2.46 bits per heavy atom. The fraction of sp³-hybridized carbons (Fsp3) is 0.300. The zero-order valence-corrected chi connectivity index (χ0v) is 16.0. The highest BCUT2D eigenvalue weighted by Crippen LogP contribution is 2.28. The summed E-state index contributed by atoms with van der Waals surface area (Å²) in [6.45, 7) is 6.40. The van der Waals surface area contributed by atoms with E-state index in [1.54, 1.807) is 11.3 Å². The second kappa shape index (κ2) is 7.43.